The van der Waals surface area contributed by atoms with Crippen LogP contribution in [0.1, 0.15) is 107 Å². The van der Waals surface area contributed by atoms with Crippen molar-refractivity contribution >= 4 is 35.8 Å². The zero-order valence-corrected chi connectivity index (χ0v) is 31.7. The van der Waals surface area contributed by atoms with E-state index in [1.54, 1.807) is 27.7 Å². The van der Waals surface area contributed by atoms with Crippen molar-refractivity contribution in [3.05, 3.63) is 73.6 Å². The molecule has 1 unspecified atom stereocenters. The van der Waals surface area contributed by atoms with Gasteiger partial charge >= 0.3 is 35.8 Å². The van der Waals surface area contributed by atoms with Crippen molar-refractivity contribution in [1.29, 1.82) is 0 Å². The van der Waals surface area contributed by atoms with Crippen molar-refractivity contribution in [2.45, 2.75) is 113 Å². The van der Waals surface area contributed by atoms with Crippen molar-refractivity contribution in [2.75, 3.05) is 6.61 Å². The van der Waals surface area contributed by atoms with Crippen molar-refractivity contribution in [3.63, 3.8) is 0 Å². The fraction of sp³-hybridized carbons (Fsp3) is 0.526. The Hall–Kier alpha value is -4.74. The summed E-state index contributed by atoms with van der Waals surface area (Å²) in [6.07, 6.45) is 6.23. The maximum atomic E-state index is 11.1. The monoisotopic (exact) mass is 710 g/mol. The van der Waals surface area contributed by atoms with Crippen LogP contribution in [-0.4, -0.2) is 63.8 Å². The van der Waals surface area contributed by atoms with Gasteiger partial charge in [-0.1, -0.05) is 94.2 Å². The van der Waals surface area contributed by atoms with Crippen molar-refractivity contribution in [3.8, 4) is 0 Å². The summed E-state index contributed by atoms with van der Waals surface area (Å²) >= 11 is 0. The van der Waals surface area contributed by atoms with E-state index in [2.05, 4.69) is 44.2 Å². The highest BCUT2D eigenvalue weighted by molar-refractivity contribution is 5.91. The smallest absolute Gasteiger partial charge is 0.374 e. The number of aliphatic carboxylic acids is 3. The first-order valence-corrected chi connectivity index (χ1v) is 16.3. The fourth-order valence-electron chi connectivity index (χ4n) is 2.50. The van der Waals surface area contributed by atoms with Gasteiger partial charge in [-0.3, -0.25) is 0 Å². The van der Waals surface area contributed by atoms with Crippen molar-refractivity contribution < 1.29 is 58.3 Å². The highest BCUT2D eigenvalue weighted by Gasteiger charge is 2.15. The Morgan fingerprint density at radius 3 is 1.46 bits per heavy atom. The molecule has 0 bridgehead atoms. The summed E-state index contributed by atoms with van der Waals surface area (Å²) in [5.41, 5.74) is 1.45. The predicted molar refractivity (Wildman–Crippen MR) is 196 cm³/mol. The molecule has 0 saturated carbocycles. The zero-order valence-electron chi connectivity index (χ0n) is 31.7. The normalized spacial score (nSPS) is 9.82. The lowest BCUT2D eigenvalue weighted by Gasteiger charge is -2.11. The van der Waals surface area contributed by atoms with Crippen LogP contribution in [0.15, 0.2) is 73.6 Å². The summed E-state index contributed by atoms with van der Waals surface area (Å²) in [7, 11) is 0. The molecule has 0 rings (SSSR count). The molecule has 0 fully saturated rings. The van der Waals surface area contributed by atoms with E-state index < -0.39 is 29.8 Å². The van der Waals surface area contributed by atoms with Crippen LogP contribution in [0.5, 0.6) is 0 Å². The topological polar surface area (TPSA) is 191 Å². The largest absolute Gasteiger partial charge is 0.478 e. The number of carboxylic acids is 3. The SMILES string of the molecule is C=C(C(=O)O)C(C)C.C=C(CC(C)C)C(=O)O.C=C(CCC)C(=O)OCC.C=C(CCCC)C(=O)O.C=CC(=O)OC(=C)C(=O)OC(C)CC. The summed E-state index contributed by atoms with van der Waals surface area (Å²) in [5.74, 6) is -4.27. The van der Waals surface area contributed by atoms with Crippen molar-refractivity contribution in [1.82, 2.24) is 0 Å². The van der Waals surface area contributed by atoms with Crippen LogP contribution in [0.3, 0.4) is 0 Å². The molecular formula is C38H62O12. The number of hydrogen-bond acceptors (Lipinski definition) is 9. The summed E-state index contributed by atoms with van der Waals surface area (Å²) in [6, 6.07) is 0. The van der Waals surface area contributed by atoms with E-state index in [1.165, 1.54) is 0 Å². The fourth-order valence-corrected chi connectivity index (χ4v) is 2.50. The Balaban J connectivity index is -0.000000171. The molecule has 0 amide bonds. The molecule has 12 heteroatoms. The number of carbonyl (C=O) groups excluding carboxylic acids is 3. The third-order valence-electron chi connectivity index (χ3n) is 5.68. The third-order valence-corrected chi connectivity index (χ3v) is 5.68. The summed E-state index contributed by atoms with van der Waals surface area (Å²) in [5, 5.41) is 24.9. The van der Waals surface area contributed by atoms with Gasteiger partial charge in [0.15, 0.2) is 0 Å². The van der Waals surface area contributed by atoms with Gasteiger partial charge in [-0.2, -0.15) is 0 Å². The maximum absolute atomic E-state index is 11.1. The van der Waals surface area contributed by atoms with E-state index in [0.717, 1.165) is 31.8 Å². The Morgan fingerprint density at radius 2 is 1.18 bits per heavy atom. The molecule has 3 N–H and O–H groups in total. The maximum Gasteiger partial charge on any atom is 0.374 e. The number of unbranched alkanes of at least 4 members (excludes halogenated alkanes) is 1. The number of rotatable bonds is 18. The first kappa shape index (κ1) is 54.7. The van der Waals surface area contributed by atoms with Crippen molar-refractivity contribution in [2.24, 2.45) is 11.8 Å². The van der Waals surface area contributed by atoms with Gasteiger partial charge in [-0.25, -0.2) is 28.8 Å². The molecule has 0 aromatic heterocycles. The second-order valence-electron chi connectivity index (χ2n) is 11.3. The van der Waals surface area contributed by atoms with Gasteiger partial charge in [0.25, 0.3) is 0 Å². The van der Waals surface area contributed by atoms with E-state index >= 15 is 0 Å². The van der Waals surface area contributed by atoms with Gasteiger partial charge < -0.3 is 29.5 Å². The lowest BCUT2D eigenvalue weighted by Crippen LogP contribution is -2.17. The molecule has 0 aliphatic heterocycles. The lowest BCUT2D eigenvalue weighted by molar-refractivity contribution is -0.152. The van der Waals surface area contributed by atoms with E-state index in [4.69, 9.17) is 24.8 Å². The number of hydrogen-bond donors (Lipinski definition) is 3. The quantitative estimate of drug-likeness (QED) is 0.0535. The summed E-state index contributed by atoms with van der Waals surface area (Å²) in [4.78, 5) is 62.9. The van der Waals surface area contributed by atoms with Crippen LogP contribution in [0, 0.1) is 11.8 Å². The molecule has 0 aromatic carbocycles. The van der Waals surface area contributed by atoms with Crippen LogP contribution in [0.25, 0.3) is 0 Å². The number of carboxylic acid groups (broad SMARTS) is 3. The third kappa shape index (κ3) is 37.7. The standard InChI is InChI=1S/C10H14O4.C8H14O2.2C7H12O2.C6H10O2/c1-5-7(3)13-10(12)8(4)14-9(11)6-2;1-4-6-7(3)8(9)10-5-2;1-5(2)4-6(3)7(8)9;1-3-4-5-6(2)7(8)9;1-4(2)5(3)6(7)8/h6-7H,2,4-5H2,1,3H3;3-6H2,1-2H3;5H,3-4H2,1-2H3,(H,8,9);2-5H2,1H3,(H,8,9);4H,3H2,1-2H3,(H,7,8). The van der Waals surface area contributed by atoms with Gasteiger partial charge in [0.1, 0.15) is 0 Å². The lowest BCUT2D eigenvalue weighted by atomic mass is 10.1. The Morgan fingerprint density at radius 1 is 0.680 bits per heavy atom. The molecule has 0 saturated heterocycles. The Bertz CT molecular complexity index is 1130. The van der Waals surface area contributed by atoms with E-state index in [-0.39, 0.29) is 29.3 Å². The minimum absolute atomic E-state index is 0.0486. The molecule has 12 nitrogen and oxygen atoms in total. The number of esters is 3. The highest BCUT2D eigenvalue weighted by atomic mass is 16.6. The predicted octanol–water partition coefficient (Wildman–Crippen LogP) is 8.25. The van der Waals surface area contributed by atoms with Crippen LogP contribution in [0.2, 0.25) is 0 Å². The average molecular weight is 711 g/mol. The van der Waals surface area contributed by atoms with Crippen LogP contribution in [-0.2, 0) is 43.0 Å². The summed E-state index contributed by atoms with van der Waals surface area (Å²) < 4.78 is 14.1. The van der Waals surface area contributed by atoms with E-state index in [1.807, 2.05) is 34.6 Å². The van der Waals surface area contributed by atoms with Gasteiger partial charge in [0.05, 0.1) is 12.7 Å². The van der Waals surface area contributed by atoms with Crippen LogP contribution in [0.4, 0.5) is 0 Å². The minimum atomic E-state index is -0.903. The second-order valence-corrected chi connectivity index (χ2v) is 11.3. The molecule has 0 radical (unpaired) electrons. The minimum Gasteiger partial charge on any atom is -0.478 e. The van der Waals surface area contributed by atoms with E-state index in [0.29, 0.717) is 48.5 Å². The Labute approximate surface area is 299 Å². The molecule has 1 atom stereocenters. The van der Waals surface area contributed by atoms with E-state index in [9.17, 15) is 28.8 Å². The first-order chi connectivity index (χ1) is 23.0. The summed E-state index contributed by atoms with van der Waals surface area (Å²) in [6.45, 7) is 37.6. The number of carbonyl (C=O) groups is 6. The van der Waals surface area contributed by atoms with Crippen LogP contribution < -0.4 is 0 Å². The molecule has 0 aromatic rings. The van der Waals surface area contributed by atoms with Gasteiger partial charge in [-0.05, 0) is 64.4 Å². The highest BCUT2D eigenvalue weighted by Crippen LogP contribution is 2.08. The molecule has 0 heterocycles. The average Bonchev–Trinajstić information content (AvgIpc) is 3.03. The van der Waals surface area contributed by atoms with Crippen LogP contribution >= 0.6 is 0 Å². The molecule has 0 spiro atoms. The van der Waals surface area contributed by atoms with Gasteiger partial charge in [-0.15, -0.1) is 0 Å². The van der Waals surface area contributed by atoms with Gasteiger partial charge in [0.2, 0.25) is 5.76 Å². The molecule has 0 aliphatic carbocycles. The second kappa shape index (κ2) is 34.1. The Kier molecular flexibility index (Phi) is 37.3. The molecular weight excluding hydrogens is 648 g/mol. The molecule has 50 heavy (non-hydrogen) atoms. The molecule has 286 valence electrons. The first-order valence-electron chi connectivity index (χ1n) is 16.3. The van der Waals surface area contributed by atoms with Gasteiger partial charge in [0, 0.05) is 28.4 Å². The number of ether oxygens (including phenoxy) is 3. The zero-order chi connectivity index (χ0) is 40.6. The molecule has 0 aliphatic rings.